The Morgan fingerprint density at radius 3 is 2.63 bits per heavy atom. The molecular formula is C19H26N2O6S2Si. The van der Waals surface area contributed by atoms with E-state index in [0.29, 0.717) is 17.0 Å². The molecule has 2 amide bonds. The smallest absolute Gasteiger partial charge is 0.317 e. The van der Waals surface area contributed by atoms with Gasteiger partial charge in [0.25, 0.3) is 5.91 Å². The summed E-state index contributed by atoms with van der Waals surface area (Å²) >= 11 is 5.18. The van der Waals surface area contributed by atoms with Crippen LogP contribution in [0.4, 0.5) is 0 Å². The molecule has 0 aromatic heterocycles. The molecule has 2 heterocycles. The van der Waals surface area contributed by atoms with Crippen LogP contribution in [0.3, 0.4) is 0 Å². The van der Waals surface area contributed by atoms with Gasteiger partial charge in [-0.15, -0.1) is 0 Å². The molecule has 0 spiro atoms. The fourth-order valence-corrected chi connectivity index (χ4v) is 6.50. The first-order valence-electron chi connectivity index (χ1n) is 9.62. The molecule has 2 aliphatic heterocycles. The fourth-order valence-electron chi connectivity index (χ4n) is 3.64. The number of thiocarbonyl (C=S) groups is 1. The highest BCUT2D eigenvalue weighted by atomic mass is 32.2. The summed E-state index contributed by atoms with van der Waals surface area (Å²) < 4.78 is 23.1. The summed E-state index contributed by atoms with van der Waals surface area (Å²) in [7, 11) is -3.75. The quantitative estimate of drug-likeness (QED) is 0.353. The molecule has 3 aliphatic rings. The summed E-state index contributed by atoms with van der Waals surface area (Å²) in [4.78, 5) is 39.7. The van der Waals surface area contributed by atoms with Crippen molar-refractivity contribution in [3.63, 3.8) is 0 Å². The van der Waals surface area contributed by atoms with Crippen LogP contribution in [0.15, 0.2) is 24.0 Å². The van der Waals surface area contributed by atoms with E-state index in [9.17, 15) is 18.6 Å². The van der Waals surface area contributed by atoms with Crippen molar-refractivity contribution in [2.75, 3.05) is 6.61 Å². The van der Waals surface area contributed by atoms with Crippen molar-refractivity contribution >= 4 is 54.0 Å². The van der Waals surface area contributed by atoms with Crippen molar-refractivity contribution in [1.29, 1.82) is 0 Å². The first kappa shape index (κ1) is 22.8. The number of β-lactam (4-membered cyclic amide) rings is 1. The van der Waals surface area contributed by atoms with Crippen LogP contribution >= 0.6 is 12.2 Å². The molecule has 0 aromatic carbocycles. The third-order valence-electron chi connectivity index (χ3n) is 5.02. The van der Waals surface area contributed by atoms with Crippen molar-refractivity contribution < 1.29 is 27.8 Å². The molecule has 2 saturated heterocycles. The Kier molecular flexibility index (Phi) is 6.09. The van der Waals surface area contributed by atoms with Gasteiger partial charge < -0.3 is 19.4 Å². The number of carbonyl (C=O) groups is 3. The van der Waals surface area contributed by atoms with Gasteiger partial charge in [-0.05, 0) is 39.6 Å². The van der Waals surface area contributed by atoms with E-state index in [-0.39, 0.29) is 6.61 Å². The lowest BCUT2D eigenvalue weighted by molar-refractivity contribution is -0.160. The summed E-state index contributed by atoms with van der Waals surface area (Å²) in [5.41, 5.74) is 0. The van der Waals surface area contributed by atoms with Crippen LogP contribution in [0.2, 0.25) is 19.6 Å². The number of allylic oxidation sites excluding steroid dienone is 4. The zero-order chi connectivity index (χ0) is 22.4. The third kappa shape index (κ3) is 4.15. The van der Waals surface area contributed by atoms with Crippen LogP contribution < -0.4 is 5.32 Å². The molecule has 0 aromatic rings. The van der Waals surface area contributed by atoms with E-state index < -0.39 is 59.1 Å². The normalized spacial score (nSPS) is 29.6. The molecule has 0 bridgehead atoms. The van der Waals surface area contributed by atoms with Crippen molar-refractivity contribution in [2.24, 2.45) is 0 Å². The standard InChI is InChI=1S/C19H26N2O6S2Si/c1-19(2)15(18(24)27-30(3,4)5)21-16(23)14(17(21)29(19)25)20-13(22)10-26-11-8-6-7-9-12(11)28/h6-8,14-15,17H,9-10H2,1-5H3,(H,20,22)/t14?,15?,17-,29?/m0/s1. The highest BCUT2D eigenvalue weighted by Gasteiger charge is 2.68. The molecule has 1 N–H and O–H groups in total. The van der Waals surface area contributed by atoms with E-state index in [2.05, 4.69) is 5.32 Å². The zero-order valence-corrected chi connectivity index (χ0v) is 20.2. The van der Waals surface area contributed by atoms with Crippen LogP contribution in [-0.2, 0) is 34.3 Å². The average molecular weight is 471 g/mol. The summed E-state index contributed by atoms with van der Waals surface area (Å²) in [5, 5.41) is 1.82. The molecule has 11 heteroatoms. The van der Waals surface area contributed by atoms with E-state index in [1.807, 2.05) is 25.7 Å². The lowest BCUT2D eigenvalue weighted by atomic mass is 9.96. The van der Waals surface area contributed by atoms with Crippen molar-refractivity contribution in [3.8, 4) is 0 Å². The highest BCUT2D eigenvalue weighted by Crippen LogP contribution is 2.44. The van der Waals surface area contributed by atoms with Gasteiger partial charge in [0.15, 0.2) is 6.61 Å². The second-order valence-corrected chi connectivity index (χ2v) is 15.9. The Balaban J connectivity index is 1.67. The molecule has 0 radical (unpaired) electrons. The van der Waals surface area contributed by atoms with Gasteiger partial charge in [-0.25, -0.2) is 0 Å². The fraction of sp³-hybridized carbons (Fsp3) is 0.579. The minimum atomic E-state index is -2.19. The molecular weight excluding hydrogens is 444 g/mol. The van der Waals surface area contributed by atoms with Gasteiger partial charge >= 0.3 is 5.97 Å². The molecule has 2 fully saturated rings. The number of nitrogens with one attached hydrogen (secondary N) is 1. The van der Waals surface area contributed by atoms with Crippen LogP contribution in [0, 0.1) is 0 Å². The summed E-state index contributed by atoms with van der Waals surface area (Å²) in [6, 6.07) is -1.90. The van der Waals surface area contributed by atoms with Crippen LogP contribution in [0.5, 0.6) is 0 Å². The van der Waals surface area contributed by atoms with E-state index in [0.717, 1.165) is 0 Å². The highest BCUT2D eigenvalue weighted by molar-refractivity contribution is 7.87. The number of amides is 2. The van der Waals surface area contributed by atoms with Crippen molar-refractivity contribution in [2.45, 2.75) is 62.1 Å². The summed E-state index contributed by atoms with van der Waals surface area (Å²) in [5.74, 6) is -1.06. The Labute approximate surface area is 184 Å². The van der Waals surface area contributed by atoms with Gasteiger partial charge in [-0.3, -0.25) is 18.6 Å². The third-order valence-corrected chi connectivity index (χ3v) is 8.40. The first-order valence-corrected chi connectivity index (χ1v) is 14.7. The molecule has 0 saturated carbocycles. The zero-order valence-electron chi connectivity index (χ0n) is 17.6. The molecule has 164 valence electrons. The Bertz CT molecular complexity index is 892. The minimum Gasteiger partial charge on any atom is -0.518 e. The Hall–Kier alpha value is -1.85. The predicted molar refractivity (Wildman–Crippen MR) is 118 cm³/mol. The molecule has 8 nitrogen and oxygen atoms in total. The van der Waals surface area contributed by atoms with Gasteiger partial charge in [-0.2, -0.15) is 0 Å². The maximum atomic E-state index is 13.1. The van der Waals surface area contributed by atoms with Gasteiger partial charge in [0.1, 0.15) is 23.2 Å². The Morgan fingerprint density at radius 1 is 1.37 bits per heavy atom. The van der Waals surface area contributed by atoms with Gasteiger partial charge in [0.05, 0.1) is 20.4 Å². The molecule has 4 atom stereocenters. The van der Waals surface area contributed by atoms with E-state index >= 15 is 0 Å². The minimum absolute atomic E-state index is 0.312. The van der Waals surface area contributed by atoms with E-state index in [1.165, 1.54) is 4.90 Å². The van der Waals surface area contributed by atoms with E-state index in [1.54, 1.807) is 26.0 Å². The Morgan fingerprint density at radius 2 is 2.03 bits per heavy atom. The van der Waals surface area contributed by atoms with Gasteiger partial charge in [0.2, 0.25) is 14.2 Å². The largest absolute Gasteiger partial charge is 0.518 e. The number of hydrogen-bond acceptors (Lipinski definition) is 7. The number of fused-ring (bicyclic) bond motifs is 1. The van der Waals surface area contributed by atoms with Gasteiger partial charge in [-0.1, -0.05) is 24.4 Å². The van der Waals surface area contributed by atoms with Crippen LogP contribution in [0.1, 0.15) is 20.3 Å². The lowest BCUT2D eigenvalue weighted by Crippen LogP contribution is -2.72. The SMILES string of the molecule is CC1(C)C(C(=O)O[Si](C)(C)C)N2C(=O)C(NC(=O)COC3=CC=CCC3=S)[C@@H]2S1=O. The number of nitrogens with zero attached hydrogens (tertiary/aromatic N) is 1. The second kappa shape index (κ2) is 8.01. The van der Waals surface area contributed by atoms with Gasteiger partial charge in [0, 0.05) is 6.42 Å². The van der Waals surface area contributed by atoms with Crippen LogP contribution in [-0.4, -0.2) is 68.9 Å². The molecule has 30 heavy (non-hydrogen) atoms. The lowest BCUT2D eigenvalue weighted by Gasteiger charge is -2.43. The predicted octanol–water partition coefficient (Wildman–Crippen LogP) is 1.16. The number of ether oxygens (including phenoxy) is 1. The summed E-state index contributed by atoms with van der Waals surface area (Å²) in [6.45, 7) is 8.64. The van der Waals surface area contributed by atoms with Crippen molar-refractivity contribution in [1.82, 2.24) is 10.2 Å². The second-order valence-electron chi connectivity index (χ2n) is 8.89. The topological polar surface area (TPSA) is 102 Å². The number of rotatable bonds is 6. The molecule has 1 aliphatic carbocycles. The average Bonchev–Trinajstić information content (AvgIpc) is 2.82. The molecule has 3 unspecified atom stereocenters. The monoisotopic (exact) mass is 470 g/mol. The maximum absolute atomic E-state index is 13.1. The van der Waals surface area contributed by atoms with Crippen LogP contribution in [0.25, 0.3) is 0 Å². The van der Waals surface area contributed by atoms with Crippen molar-refractivity contribution in [3.05, 3.63) is 24.0 Å². The molecule has 3 rings (SSSR count). The maximum Gasteiger partial charge on any atom is 0.317 e. The number of carbonyl (C=O) groups excluding carboxylic acids is 3. The summed E-state index contributed by atoms with van der Waals surface area (Å²) in [6.07, 6.45) is 5.93. The first-order chi connectivity index (χ1) is 13.8. The number of hydrogen-bond donors (Lipinski definition) is 1. The van der Waals surface area contributed by atoms with E-state index in [4.69, 9.17) is 21.4 Å².